The molecule has 0 fully saturated rings. The highest BCUT2D eigenvalue weighted by molar-refractivity contribution is 6.00. The molecule has 128 valence electrons. The fraction of sp³-hybridized carbons (Fsp3) is 0.333. The number of benzene rings is 1. The molecule has 0 atom stereocenters. The van der Waals surface area contributed by atoms with Gasteiger partial charge < -0.3 is 4.74 Å². The zero-order chi connectivity index (χ0) is 17.5. The first kappa shape index (κ1) is 17.9. The van der Waals surface area contributed by atoms with E-state index in [0.717, 1.165) is 18.5 Å². The van der Waals surface area contributed by atoms with Crippen molar-refractivity contribution in [1.29, 1.82) is 0 Å². The molecule has 0 aliphatic rings. The molecule has 0 saturated heterocycles. The molecule has 0 aliphatic heterocycles. The Labute approximate surface area is 141 Å². The van der Waals surface area contributed by atoms with Gasteiger partial charge in [0.25, 0.3) is 0 Å². The summed E-state index contributed by atoms with van der Waals surface area (Å²) in [6.07, 6.45) is 1.70. The summed E-state index contributed by atoms with van der Waals surface area (Å²) in [6.45, 7) is 5.89. The number of pyridine rings is 1. The third-order valence-electron chi connectivity index (χ3n) is 3.63. The number of ether oxygens (including phenoxy) is 1. The van der Waals surface area contributed by atoms with Crippen molar-refractivity contribution in [2.45, 2.75) is 39.7 Å². The normalized spacial score (nSPS) is 11.7. The maximum Gasteiger partial charge on any atom is 0.230 e. The van der Waals surface area contributed by atoms with Crippen LogP contribution in [0.3, 0.4) is 0 Å². The first-order chi connectivity index (χ1) is 11.6. The number of amidine groups is 1. The quantitative estimate of drug-likeness (QED) is 0.472. The van der Waals surface area contributed by atoms with Gasteiger partial charge in [0.1, 0.15) is 11.6 Å². The smallest absolute Gasteiger partial charge is 0.230 e. The summed E-state index contributed by atoms with van der Waals surface area (Å²) >= 11 is 0. The predicted molar refractivity (Wildman–Crippen MR) is 91.3 cm³/mol. The molecular weight excluding hydrogens is 309 g/mol. The molecule has 2 N–H and O–H groups in total. The van der Waals surface area contributed by atoms with Crippen molar-refractivity contribution < 1.29 is 14.3 Å². The van der Waals surface area contributed by atoms with Crippen LogP contribution in [0, 0.1) is 12.7 Å². The monoisotopic (exact) mass is 331 g/mol. The van der Waals surface area contributed by atoms with Crippen LogP contribution in [0.2, 0.25) is 0 Å². The Morgan fingerprint density at radius 3 is 2.67 bits per heavy atom. The van der Waals surface area contributed by atoms with Gasteiger partial charge in [-0.2, -0.15) is 0 Å². The van der Waals surface area contributed by atoms with Gasteiger partial charge in [0.15, 0.2) is 5.84 Å². The lowest BCUT2D eigenvalue weighted by Crippen LogP contribution is -2.24. The number of halogens is 1. The van der Waals surface area contributed by atoms with Gasteiger partial charge in [0.2, 0.25) is 5.88 Å². The summed E-state index contributed by atoms with van der Waals surface area (Å²) in [5, 5.41) is 9.50. The van der Waals surface area contributed by atoms with E-state index >= 15 is 0 Å². The number of rotatable bonds is 6. The summed E-state index contributed by atoms with van der Waals surface area (Å²) in [5.74, 6) is 0.469. The lowest BCUT2D eigenvalue weighted by atomic mass is 10.1. The number of aryl methyl sites for hydroxylation is 1. The number of hydrogen-bond acceptors (Lipinski definition) is 4. The predicted octanol–water partition coefficient (Wildman–Crippen LogP) is 4.24. The van der Waals surface area contributed by atoms with Gasteiger partial charge >= 0.3 is 0 Å². The summed E-state index contributed by atoms with van der Waals surface area (Å²) in [6, 6.07) is 9.45. The Morgan fingerprint density at radius 1 is 1.29 bits per heavy atom. The summed E-state index contributed by atoms with van der Waals surface area (Å²) in [4.78, 5) is 8.86. The van der Waals surface area contributed by atoms with Gasteiger partial charge in [-0.1, -0.05) is 19.9 Å². The van der Waals surface area contributed by atoms with Gasteiger partial charge in [-0.05, 0) is 44.0 Å². The minimum absolute atomic E-state index is 0.0722. The highest BCUT2D eigenvalue weighted by Crippen LogP contribution is 2.25. The maximum absolute atomic E-state index is 13.4. The third-order valence-corrected chi connectivity index (χ3v) is 3.63. The second-order valence-electron chi connectivity index (χ2n) is 5.42. The Hall–Kier alpha value is -2.47. The van der Waals surface area contributed by atoms with E-state index in [1.54, 1.807) is 24.3 Å². The molecule has 0 saturated carbocycles. The molecular formula is C18H22FN3O2. The minimum atomic E-state index is -0.395. The second-order valence-corrected chi connectivity index (χ2v) is 5.42. The standard InChI is InChI=1S/C18H22FN3O2/c1-4-14(5-2)21-17(22-23)16-10-9-12(3)20-18(16)24-15-8-6-7-13(19)11-15/h6-11,14,23H,4-5H2,1-3H3,(H,21,22). The molecule has 1 heterocycles. The van der Waals surface area contributed by atoms with Crippen molar-refractivity contribution in [2.75, 3.05) is 0 Å². The Morgan fingerprint density at radius 2 is 2.04 bits per heavy atom. The highest BCUT2D eigenvalue weighted by atomic mass is 19.1. The maximum atomic E-state index is 13.4. The van der Waals surface area contributed by atoms with Crippen molar-refractivity contribution in [3.05, 3.63) is 53.5 Å². The average molecular weight is 331 g/mol. The zero-order valence-corrected chi connectivity index (χ0v) is 14.1. The Bertz CT molecular complexity index is 715. The number of hydrogen-bond donors (Lipinski definition) is 2. The number of nitrogens with one attached hydrogen (secondary N) is 1. The van der Waals surface area contributed by atoms with E-state index in [4.69, 9.17) is 4.74 Å². The topological polar surface area (TPSA) is 66.7 Å². The van der Waals surface area contributed by atoms with Crippen molar-refractivity contribution in [3.8, 4) is 11.6 Å². The van der Waals surface area contributed by atoms with E-state index in [2.05, 4.69) is 15.5 Å². The zero-order valence-electron chi connectivity index (χ0n) is 14.1. The SMILES string of the molecule is CCC(CC)N=C(NO)c1ccc(C)nc1Oc1cccc(F)c1. The molecule has 2 aromatic rings. The molecule has 2 rings (SSSR count). The van der Waals surface area contributed by atoms with E-state index in [1.807, 2.05) is 20.8 Å². The van der Waals surface area contributed by atoms with Crippen LogP contribution in [0.25, 0.3) is 0 Å². The highest BCUT2D eigenvalue weighted by Gasteiger charge is 2.15. The minimum Gasteiger partial charge on any atom is -0.438 e. The van der Waals surface area contributed by atoms with Crippen molar-refractivity contribution in [3.63, 3.8) is 0 Å². The first-order valence-electron chi connectivity index (χ1n) is 7.96. The van der Waals surface area contributed by atoms with Gasteiger partial charge in [-0.15, -0.1) is 0 Å². The number of aromatic nitrogens is 1. The molecule has 24 heavy (non-hydrogen) atoms. The summed E-state index contributed by atoms with van der Waals surface area (Å²) in [7, 11) is 0. The van der Waals surface area contributed by atoms with E-state index in [9.17, 15) is 9.60 Å². The van der Waals surface area contributed by atoms with Crippen molar-refractivity contribution >= 4 is 5.84 Å². The second kappa shape index (κ2) is 8.40. The fourth-order valence-electron chi connectivity index (χ4n) is 2.25. The van der Waals surface area contributed by atoms with Crippen LogP contribution in [-0.4, -0.2) is 22.1 Å². The molecule has 0 radical (unpaired) electrons. The molecule has 5 nitrogen and oxygen atoms in total. The van der Waals surface area contributed by atoms with Crippen LogP contribution in [-0.2, 0) is 0 Å². The lowest BCUT2D eigenvalue weighted by molar-refractivity contribution is 0.233. The molecule has 0 bridgehead atoms. The van der Waals surface area contributed by atoms with Gasteiger partial charge in [0, 0.05) is 11.8 Å². The van der Waals surface area contributed by atoms with Crippen molar-refractivity contribution in [2.24, 2.45) is 4.99 Å². The van der Waals surface area contributed by atoms with E-state index in [1.165, 1.54) is 12.1 Å². The van der Waals surface area contributed by atoms with Crippen LogP contribution in [0.15, 0.2) is 41.4 Å². The number of nitrogens with zero attached hydrogens (tertiary/aromatic N) is 2. The summed E-state index contributed by atoms with van der Waals surface area (Å²) < 4.78 is 19.1. The lowest BCUT2D eigenvalue weighted by Gasteiger charge is -2.14. The van der Waals surface area contributed by atoms with Crippen molar-refractivity contribution in [1.82, 2.24) is 10.5 Å². The molecule has 1 aromatic heterocycles. The van der Waals surface area contributed by atoms with Crippen LogP contribution in [0.1, 0.15) is 37.9 Å². The van der Waals surface area contributed by atoms with E-state index < -0.39 is 5.82 Å². The Balaban J connectivity index is 2.42. The Kier molecular flexibility index (Phi) is 6.26. The molecule has 6 heteroatoms. The third kappa shape index (κ3) is 4.52. The molecule has 0 spiro atoms. The largest absolute Gasteiger partial charge is 0.438 e. The van der Waals surface area contributed by atoms with Gasteiger partial charge in [0.05, 0.1) is 11.6 Å². The van der Waals surface area contributed by atoms with Gasteiger partial charge in [-0.3, -0.25) is 15.7 Å². The molecule has 0 amide bonds. The number of hydroxylamine groups is 1. The van der Waals surface area contributed by atoms with Crippen LogP contribution in [0.5, 0.6) is 11.6 Å². The first-order valence-corrected chi connectivity index (χ1v) is 7.96. The molecule has 0 unspecified atom stereocenters. The van der Waals surface area contributed by atoms with Crippen LogP contribution >= 0.6 is 0 Å². The average Bonchev–Trinajstić information content (AvgIpc) is 2.57. The molecule has 0 aliphatic carbocycles. The van der Waals surface area contributed by atoms with E-state index in [0.29, 0.717) is 11.3 Å². The van der Waals surface area contributed by atoms with Crippen LogP contribution < -0.4 is 10.2 Å². The van der Waals surface area contributed by atoms with Crippen LogP contribution in [0.4, 0.5) is 4.39 Å². The van der Waals surface area contributed by atoms with Gasteiger partial charge in [-0.25, -0.2) is 9.37 Å². The van der Waals surface area contributed by atoms with E-state index in [-0.39, 0.29) is 17.8 Å². The number of aliphatic imine (C=N–C) groups is 1. The fourth-order valence-corrected chi connectivity index (χ4v) is 2.25. The summed E-state index contributed by atoms with van der Waals surface area (Å²) in [5.41, 5.74) is 3.38. The molecule has 1 aromatic carbocycles.